The number of hydrogen-bond acceptors (Lipinski definition) is 3. The smallest absolute Gasteiger partial charge is 0.243 e. The van der Waals surface area contributed by atoms with E-state index in [2.05, 4.69) is 10.3 Å². The molecule has 1 amide bonds. The van der Waals surface area contributed by atoms with Crippen molar-refractivity contribution in [2.24, 2.45) is 0 Å². The molecule has 100 valence electrons. The average Bonchev–Trinajstić information content (AvgIpc) is 2.66. The van der Waals surface area contributed by atoms with Crippen LogP contribution in [0.3, 0.4) is 0 Å². The topological polar surface area (TPSA) is 72.9 Å². The van der Waals surface area contributed by atoms with Gasteiger partial charge in [0, 0.05) is 12.6 Å². The van der Waals surface area contributed by atoms with Crippen LogP contribution in [0, 0.1) is 5.82 Å². The molecule has 1 unspecified atom stereocenters. The Labute approximate surface area is 113 Å². The van der Waals surface area contributed by atoms with Crippen LogP contribution in [0.15, 0.2) is 12.1 Å². The second kappa shape index (κ2) is 4.38. The highest BCUT2D eigenvalue weighted by atomic mass is 35.5. The molecular formula is C12H12ClFN4O. The number of nitrogen functional groups attached to an aromatic ring is 1. The third-order valence-electron chi connectivity index (χ3n) is 3.33. The number of fused-ring (bicyclic) bond motifs is 1. The lowest BCUT2D eigenvalue weighted by Crippen LogP contribution is -2.38. The van der Waals surface area contributed by atoms with Crippen molar-refractivity contribution in [3.8, 4) is 0 Å². The Morgan fingerprint density at radius 2 is 2.32 bits per heavy atom. The van der Waals surface area contributed by atoms with E-state index < -0.39 is 11.9 Å². The van der Waals surface area contributed by atoms with Gasteiger partial charge in [-0.2, -0.15) is 0 Å². The Morgan fingerprint density at radius 3 is 3.05 bits per heavy atom. The van der Waals surface area contributed by atoms with E-state index in [4.69, 9.17) is 17.3 Å². The number of imidazole rings is 1. The number of halogens is 2. The first kappa shape index (κ1) is 12.2. The van der Waals surface area contributed by atoms with Gasteiger partial charge in [0.2, 0.25) is 11.9 Å². The molecule has 0 aliphatic carbocycles. The fraction of sp³-hybridized carbons (Fsp3) is 0.333. The Morgan fingerprint density at radius 1 is 1.53 bits per heavy atom. The average molecular weight is 283 g/mol. The number of aromatic nitrogens is 2. The molecule has 1 saturated heterocycles. The van der Waals surface area contributed by atoms with E-state index in [1.165, 1.54) is 12.1 Å². The Bertz CT molecular complexity index is 669. The number of amides is 1. The lowest BCUT2D eigenvalue weighted by Gasteiger charge is -2.24. The van der Waals surface area contributed by atoms with Crippen LogP contribution < -0.4 is 11.1 Å². The number of benzene rings is 1. The molecular weight excluding hydrogens is 271 g/mol. The number of carbonyl (C=O) groups is 1. The zero-order valence-corrected chi connectivity index (χ0v) is 10.7. The maximum Gasteiger partial charge on any atom is 0.243 e. The Kier molecular flexibility index (Phi) is 2.82. The van der Waals surface area contributed by atoms with Gasteiger partial charge in [0.1, 0.15) is 11.9 Å². The van der Waals surface area contributed by atoms with Gasteiger partial charge >= 0.3 is 0 Å². The zero-order chi connectivity index (χ0) is 13.6. The molecule has 1 aromatic heterocycles. The molecule has 2 aromatic rings. The maximum absolute atomic E-state index is 13.4. The van der Waals surface area contributed by atoms with Crippen molar-refractivity contribution >= 4 is 34.5 Å². The van der Waals surface area contributed by atoms with E-state index in [0.717, 1.165) is 6.42 Å². The molecule has 0 bridgehead atoms. The van der Waals surface area contributed by atoms with Crippen molar-refractivity contribution in [3.63, 3.8) is 0 Å². The van der Waals surface area contributed by atoms with Crippen LogP contribution in [-0.2, 0) is 4.79 Å². The highest BCUT2D eigenvalue weighted by Crippen LogP contribution is 2.30. The molecule has 5 nitrogen and oxygen atoms in total. The van der Waals surface area contributed by atoms with E-state index in [-0.39, 0.29) is 16.9 Å². The van der Waals surface area contributed by atoms with Gasteiger partial charge in [-0.1, -0.05) is 11.6 Å². The van der Waals surface area contributed by atoms with Crippen molar-refractivity contribution in [2.45, 2.75) is 18.9 Å². The van der Waals surface area contributed by atoms with Crippen LogP contribution in [0.2, 0.25) is 5.02 Å². The summed E-state index contributed by atoms with van der Waals surface area (Å²) >= 11 is 5.79. The third kappa shape index (κ3) is 1.92. The fourth-order valence-corrected chi connectivity index (χ4v) is 2.60. The molecule has 0 saturated carbocycles. The summed E-state index contributed by atoms with van der Waals surface area (Å²) in [6, 6.07) is 2.27. The summed E-state index contributed by atoms with van der Waals surface area (Å²) in [5.41, 5.74) is 6.83. The van der Waals surface area contributed by atoms with Crippen LogP contribution in [0.1, 0.15) is 18.9 Å². The molecule has 1 aromatic carbocycles. The molecule has 0 radical (unpaired) electrons. The summed E-state index contributed by atoms with van der Waals surface area (Å²) in [6.07, 6.45) is 1.54. The van der Waals surface area contributed by atoms with Crippen molar-refractivity contribution in [3.05, 3.63) is 23.0 Å². The predicted octanol–water partition coefficient (Wildman–Crippen LogP) is 1.86. The van der Waals surface area contributed by atoms with Gasteiger partial charge in [0.25, 0.3) is 0 Å². The number of nitrogens with zero attached hydrogens (tertiary/aromatic N) is 2. The zero-order valence-electron chi connectivity index (χ0n) is 9.99. The van der Waals surface area contributed by atoms with Crippen LogP contribution >= 0.6 is 11.6 Å². The molecule has 1 aliphatic heterocycles. The molecule has 0 spiro atoms. The van der Waals surface area contributed by atoms with Gasteiger partial charge in [-0.25, -0.2) is 9.37 Å². The largest absolute Gasteiger partial charge is 0.369 e. The lowest BCUT2D eigenvalue weighted by atomic mass is 10.1. The quantitative estimate of drug-likeness (QED) is 0.838. The van der Waals surface area contributed by atoms with Crippen molar-refractivity contribution in [1.82, 2.24) is 14.9 Å². The third-order valence-corrected chi connectivity index (χ3v) is 3.62. The van der Waals surface area contributed by atoms with Crippen LogP contribution in [0.25, 0.3) is 11.0 Å². The minimum Gasteiger partial charge on any atom is -0.369 e. The molecule has 1 fully saturated rings. The summed E-state index contributed by atoms with van der Waals surface area (Å²) in [6.45, 7) is 0.664. The normalized spacial score (nSPS) is 19.7. The first-order valence-electron chi connectivity index (χ1n) is 5.98. The minimum absolute atomic E-state index is 0.00938. The summed E-state index contributed by atoms with van der Waals surface area (Å²) < 4.78 is 15.0. The summed E-state index contributed by atoms with van der Waals surface area (Å²) in [5, 5.41) is 2.78. The number of nitrogens with two attached hydrogens (primary N) is 1. The van der Waals surface area contributed by atoms with Crippen molar-refractivity contribution < 1.29 is 9.18 Å². The number of hydrogen-bond donors (Lipinski definition) is 2. The molecule has 1 aliphatic rings. The maximum atomic E-state index is 13.4. The van der Waals surface area contributed by atoms with E-state index in [1.54, 1.807) is 4.57 Å². The highest BCUT2D eigenvalue weighted by molar-refractivity contribution is 6.31. The molecule has 3 rings (SSSR count). The summed E-state index contributed by atoms with van der Waals surface area (Å²) in [7, 11) is 0. The minimum atomic E-state index is -0.549. The predicted molar refractivity (Wildman–Crippen MR) is 70.4 cm³/mol. The first-order valence-corrected chi connectivity index (χ1v) is 6.36. The van der Waals surface area contributed by atoms with Gasteiger partial charge in [0.15, 0.2) is 0 Å². The number of rotatable bonds is 1. The van der Waals surface area contributed by atoms with Gasteiger partial charge in [-0.3, -0.25) is 9.36 Å². The number of piperidine rings is 1. The molecule has 19 heavy (non-hydrogen) atoms. The van der Waals surface area contributed by atoms with E-state index in [0.29, 0.717) is 24.0 Å². The van der Waals surface area contributed by atoms with Gasteiger partial charge in [-0.15, -0.1) is 0 Å². The van der Waals surface area contributed by atoms with E-state index >= 15 is 0 Å². The van der Waals surface area contributed by atoms with Crippen molar-refractivity contribution in [1.29, 1.82) is 0 Å². The number of nitrogens with one attached hydrogen (secondary N) is 1. The molecule has 2 heterocycles. The van der Waals surface area contributed by atoms with Crippen molar-refractivity contribution in [2.75, 3.05) is 12.3 Å². The van der Waals surface area contributed by atoms with E-state index in [1.807, 2.05) is 0 Å². The molecule has 3 N–H and O–H groups in total. The second-order valence-corrected chi connectivity index (χ2v) is 4.95. The Balaban J connectivity index is 2.19. The monoisotopic (exact) mass is 282 g/mol. The van der Waals surface area contributed by atoms with Crippen LogP contribution in [0.5, 0.6) is 0 Å². The second-order valence-electron chi connectivity index (χ2n) is 4.54. The van der Waals surface area contributed by atoms with Gasteiger partial charge < -0.3 is 11.1 Å². The van der Waals surface area contributed by atoms with Crippen LogP contribution in [-0.4, -0.2) is 22.0 Å². The summed E-state index contributed by atoms with van der Waals surface area (Å²) in [5.74, 6) is -0.455. The highest BCUT2D eigenvalue weighted by Gasteiger charge is 2.27. The SMILES string of the molecule is Nc1nc2cc(F)c(Cl)cc2n1C1CCCNC1=O. The van der Waals surface area contributed by atoms with Gasteiger partial charge in [0.05, 0.1) is 16.1 Å². The summed E-state index contributed by atoms with van der Waals surface area (Å²) in [4.78, 5) is 16.0. The van der Waals surface area contributed by atoms with Gasteiger partial charge in [-0.05, 0) is 18.9 Å². The standard InChI is InChI=1S/C12H12ClFN4O/c13-6-4-10-8(5-7(6)14)17-12(15)18(10)9-2-1-3-16-11(9)19/h4-5,9H,1-3H2,(H2,15,17)(H,16,19). The number of carbonyl (C=O) groups excluding carboxylic acids is 1. The first-order chi connectivity index (χ1) is 9.08. The Hall–Kier alpha value is -1.82. The molecule has 7 heteroatoms. The molecule has 1 atom stereocenters. The lowest BCUT2D eigenvalue weighted by molar-refractivity contribution is -0.125. The number of anilines is 1. The van der Waals surface area contributed by atoms with Crippen LogP contribution in [0.4, 0.5) is 10.3 Å². The fourth-order valence-electron chi connectivity index (χ4n) is 2.44. The van der Waals surface area contributed by atoms with E-state index in [9.17, 15) is 9.18 Å².